The number of carbonyl (C=O) groups excluding carboxylic acids is 1. The highest BCUT2D eigenvalue weighted by molar-refractivity contribution is 7.91. The van der Waals surface area contributed by atoms with Crippen LogP contribution in [-0.2, 0) is 14.6 Å². The number of methoxy groups -OCH3 is 1. The molecule has 1 aliphatic heterocycles. The summed E-state index contributed by atoms with van der Waals surface area (Å²) in [6.45, 7) is 0. The molecule has 2 N–H and O–H groups in total. The van der Waals surface area contributed by atoms with Gasteiger partial charge >= 0.3 is 0 Å². The third-order valence-electron chi connectivity index (χ3n) is 4.45. The maximum atomic E-state index is 12.9. The summed E-state index contributed by atoms with van der Waals surface area (Å²) in [5.74, 6) is 0.412. The minimum absolute atomic E-state index is 0.0397. The molecule has 0 unspecified atom stereocenters. The number of hydrogen-bond acceptors (Lipinski definition) is 5. The van der Waals surface area contributed by atoms with Crippen molar-refractivity contribution in [1.29, 1.82) is 0 Å². The molecule has 0 spiro atoms. The van der Waals surface area contributed by atoms with Crippen LogP contribution in [0.4, 0.5) is 5.69 Å². The Morgan fingerprint density at radius 1 is 1.22 bits per heavy atom. The number of hydrogen-bond donors (Lipinski definition) is 2. The Morgan fingerprint density at radius 3 is 2.56 bits per heavy atom. The average molecular weight is 409 g/mol. The lowest BCUT2D eigenvalue weighted by Gasteiger charge is -2.22. The zero-order valence-electron chi connectivity index (χ0n) is 14.8. The SMILES string of the molecule is COc1ccc(NC(=O)[C@H](N[C@H]2CCS(=O)(=O)C2)c2ccccc2)cc1Cl. The number of anilines is 1. The first-order valence-electron chi connectivity index (χ1n) is 8.54. The summed E-state index contributed by atoms with van der Waals surface area (Å²) >= 11 is 6.12. The number of rotatable bonds is 6. The van der Waals surface area contributed by atoms with E-state index in [-0.39, 0.29) is 23.5 Å². The quantitative estimate of drug-likeness (QED) is 0.767. The monoisotopic (exact) mass is 408 g/mol. The van der Waals surface area contributed by atoms with Crippen molar-refractivity contribution in [3.63, 3.8) is 0 Å². The molecule has 2 aromatic rings. The molecule has 1 aliphatic rings. The Morgan fingerprint density at radius 2 is 1.96 bits per heavy atom. The molecule has 1 saturated heterocycles. The molecule has 2 atom stereocenters. The second-order valence-electron chi connectivity index (χ2n) is 6.45. The molecule has 0 aliphatic carbocycles. The lowest BCUT2D eigenvalue weighted by atomic mass is 10.0. The summed E-state index contributed by atoms with van der Waals surface area (Å²) in [7, 11) is -1.53. The lowest BCUT2D eigenvalue weighted by molar-refractivity contribution is -0.118. The first-order valence-corrected chi connectivity index (χ1v) is 10.7. The molecule has 27 heavy (non-hydrogen) atoms. The Kier molecular flexibility index (Phi) is 6.04. The third-order valence-corrected chi connectivity index (χ3v) is 6.51. The van der Waals surface area contributed by atoms with E-state index in [1.165, 1.54) is 7.11 Å². The van der Waals surface area contributed by atoms with E-state index >= 15 is 0 Å². The second-order valence-corrected chi connectivity index (χ2v) is 9.08. The summed E-state index contributed by atoms with van der Waals surface area (Å²) in [6, 6.07) is 13.3. The summed E-state index contributed by atoms with van der Waals surface area (Å²) in [6.07, 6.45) is 0.493. The standard InChI is InChI=1S/C19H21ClN2O4S/c1-26-17-8-7-14(11-16(17)20)22-19(23)18(13-5-3-2-4-6-13)21-15-9-10-27(24,25)12-15/h2-8,11,15,18,21H,9-10,12H2,1H3,(H,22,23)/t15-,18+/m0/s1. The van der Waals surface area contributed by atoms with Gasteiger partial charge in [0, 0.05) is 11.7 Å². The first-order chi connectivity index (χ1) is 12.9. The van der Waals surface area contributed by atoms with Gasteiger partial charge in [-0.15, -0.1) is 0 Å². The van der Waals surface area contributed by atoms with E-state index in [9.17, 15) is 13.2 Å². The lowest BCUT2D eigenvalue weighted by Crippen LogP contribution is -2.40. The molecule has 0 radical (unpaired) electrons. The fourth-order valence-corrected chi connectivity index (χ4v) is 5.03. The number of carbonyl (C=O) groups is 1. The van der Waals surface area contributed by atoms with E-state index in [0.29, 0.717) is 22.9 Å². The van der Waals surface area contributed by atoms with E-state index < -0.39 is 15.9 Å². The number of halogens is 1. The van der Waals surface area contributed by atoms with Crippen molar-refractivity contribution in [3.8, 4) is 5.75 Å². The topological polar surface area (TPSA) is 84.5 Å². The Hall–Kier alpha value is -2.09. The Labute approximate surface area is 163 Å². The summed E-state index contributed by atoms with van der Waals surface area (Å²) < 4.78 is 28.6. The van der Waals surface area contributed by atoms with Crippen LogP contribution in [0.25, 0.3) is 0 Å². The van der Waals surface area contributed by atoms with Crippen LogP contribution < -0.4 is 15.4 Å². The highest BCUT2D eigenvalue weighted by atomic mass is 35.5. The number of benzene rings is 2. The van der Waals surface area contributed by atoms with Crippen LogP contribution in [0.3, 0.4) is 0 Å². The van der Waals surface area contributed by atoms with Crippen molar-refractivity contribution in [3.05, 3.63) is 59.1 Å². The molecule has 0 saturated carbocycles. The average Bonchev–Trinajstić information content (AvgIpc) is 2.99. The van der Waals surface area contributed by atoms with Gasteiger partial charge in [0.05, 0.1) is 23.6 Å². The number of ether oxygens (including phenoxy) is 1. The van der Waals surface area contributed by atoms with Crippen molar-refractivity contribution in [2.24, 2.45) is 0 Å². The van der Waals surface area contributed by atoms with E-state index in [1.807, 2.05) is 30.3 Å². The molecule has 0 bridgehead atoms. The normalized spacial score (nSPS) is 19.4. The molecule has 3 rings (SSSR count). The highest BCUT2D eigenvalue weighted by Crippen LogP contribution is 2.28. The molecule has 0 aromatic heterocycles. The van der Waals surface area contributed by atoms with Crippen molar-refractivity contribution < 1.29 is 17.9 Å². The fraction of sp³-hybridized carbons (Fsp3) is 0.316. The largest absolute Gasteiger partial charge is 0.495 e. The van der Waals surface area contributed by atoms with Crippen LogP contribution in [0.15, 0.2) is 48.5 Å². The molecule has 2 aromatic carbocycles. The smallest absolute Gasteiger partial charge is 0.246 e. The molecule has 8 heteroatoms. The molecule has 1 heterocycles. The number of sulfone groups is 1. The van der Waals surface area contributed by atoms with Gasteiger partial charge in [0.15, 0.2) is 9.84 Å². The van der Waals surface area contributed by atoms with Crippen molar-refractivity contribution in [1.82, 2.24) is 5.32 Å². The molecular formula is C19H21ClN2O4S. The van der Waals surface area contributed by atoms with E-state index in [4.69, 9.17) is 16.3 Å². The Balaban J connectivity index is 1.79. The molecule has 144 valence electrons. The molecular weight excluding hydrogens is 388 g/mol. The van der Waals surface area contributed by atoms with Crippen LogP contribution in [-0.4, -0.2) is 39.0 Å². The zero-order chi connectivity index (χ0) is 19.4. The minimum Gasteiger partial charge on any atom is -0.495 e. The van der Waals surface area contributed by atoms with Gasteiger partial charge in [0.25, 0.3) is 0 Å². The van der Waals surface area contributed by atoms with Crippen LogP contribution in [0.2, 0.25) is 5.02 Å². The summed E-state index contributed by atoms with van der Waals surface area (Å²) in [4.78, 5) is 12.9. The van der Waals surface area contributed by atoms with Gasteiger partial charge in [0.1, 0.15) is 11.8 Å². The maximum absolute atomic E-state index is 12.9. The first kappa shape index (κ1) is 19.7. The molecule has 6 nitrogen and oxygen atoms in total. The Bertz CT molecular complexity index is 919. The van der Waals surface area contributed by atoms with Crippen molar-refractivity contribution >= 4 is 33.0 Å². The summed E-state index contributed by atoms with van der Waals surface area (Å²) in [5.41, 5.74) is 1.30. The molecule has 1 fully saturated rings. The van der Waals surface area contributed by atoms with Crippen LogP contribution in [0.5, 0.6) is 5.75 Å². The van der Waals surface area contributed by atoms with Crippen LogP contribution in [0.1, 0.15) is 18.0 Å². The van der Waals surface area contributed by atoms with Crippen molar-refractivity contribution in [2.75, 3.05) is 23.9 Å². The van der Waals surface area contributed by atoms with E-state index in [0.717, 1.165) is 5.56 Å². The predicted octanol–water partition coefficient (Wildman–Crippen LogP) is 2.81. The fourth-order valence-electron chi connectivity index (χ4n) is 3.09. The van der Waals surface area contributed by atoms with Gasteiger partial charge in [0.2, 0.25) is 5.91 Å². The summed E-state index contributed by atoms with van der Waals surface area (Å²) in [5, 5.41) is 6.42. The van der Waals surface area contributed by atoms with Gasteiger partial charge < -0.3 is 10.1 Å². The van der Waals surface area contributed by atoms with Crippen molar-refractivity contribution in [2.45, 2.75) is 18.5 Å². The van der Waals surface area contributed by atoms with Gasteiger partial charge in [-0.05, 0) is 30.2 Å². The number of nitrogens with one attached hydrogen (secondary N) is 2. The van der Waals surface area contributed by atoms with Gasteiger partial charge in [-0.3, -0.25) is 10.1 Å². The van der Waals surface area contributed by atoms with Crippen LogP contribution >= 0.6 is 11.6 Å². The second kappa shape index (κ2) is 8.29. The van der Waals surface area contributed by atoms with Gasteiger partial charge in [-0.25, -0.2) is 8.42 Å². The third kappa shape index (κ3) is 5.00. The predicted molar refractivity (Wildman–Crippen MR) is 106 cm³/mol. The maximum Gasteiger partial charge on any atom is 0.246 e. The van der Waals surface area contributed by atoms with Gasteiger partial charge in [-0.2, -0.15) is 0 Å². The highest BCUT2D eigenvalue weighted by Gasteiger charge is 2.32. The van der Waals surface area contributed by atoms with E-state index in [1.54, 1.807) is 18.2 Å². The van der Waals surface area contributed by atoms with Crippen LogP contribution in [0, 0.1) is 0 Å². The molecule has 1 amide bonds. The van der Waals surface area contributed by atoms with Gasteiger partial charge in [-0.1, -0.05) is 41.9 Å². The zero-order valence-corrected chi connectivity index (χ0v) is 16.4. The minimum atomic E-state index is -3.05. The van der Waals surface area contributed by atoms with E-state index in [2.05, 4.69) is 10.6 Å². The number of amides is 1.